The number of likely N-dealkylation sites (tertiary alicyclic amines) is 1. The number of hydrogen-bond acceptors (Lipinski definition) is 7. The van der Waals surface area contributed by atoms with Gasteiger partial charge in [-0.3, -0.25) is 28.8 Å². The molecule has 5 N–H and O–H groups in total. The highest BCUT2D eigenvalue weighted by Crippen LogP contribution is 2.65. The quantitative estimate of drug-likeness (QED) is 0.192. The van der Waals surface area contributed by atoms with Crippen molar-refractivity contribution in [1.82, 2.24) is 36.4 Å². The summed E-state index contributed by atoms with van der Waals surface area (Å²) in [5.41, 5.74) is -0.890. The van der Waals surface area contributed by atoms with Gasteiger partial charge in [0.2, 0.25) is 29.4 Å². The number of ketones is 1. The number of carbonyl (C=O) groups excluding carboxylic acids is 7. The lowest BCUT2D eigenvalue weighted by Crippen LogP contribution is -2.62. The van der Waals surface area contributed by atoms with Crippen molar-refractivity contribution < 1.29 is 33.6 Å². The number of nitrogens with one attached hydrogen (secondary N) is 5. The maximum Gasteiger partial charge on any atom is 0.315 e. The van der Waals surface area contributed by atoms with Gasteiger partial charge in [0.15, 0.2) is 0 Å². The maximum atomic E-state index is 14.2. The molecule has 3 unspecified atom stereocenters. The second-order valence-electron chi connectivity index (χ2n) is 17.5. The molecule has 1 saturated heterocycles. The number of nitrogens with zero attached hydrogens (tertiary/aromatic N) is 2. The summed E-state index contributed by atoms with van der Waals surface area (Å²) < 4.78 is 0. The van der Waals surface area contributed by atoms with Crippen LogP contribution >= 0.6 is 0 Å². The highest BCUT2D eigenvalue weighted by molar-refractivity contribution is 6.38. The Hall–Kier alpha value is -4.49. The third kappa shape index (κ3) is 9.68. The van der Waals surface area contributed by atoms with E-state index >= 15 is 0 Å². The summed E-state index contributed by atoms with van der Waals surface area (Å²) in [6.45, 7) is 14.9. The topological polar surface area (TPSA) is 186 Å². The highest BCUT2D eigenvalue weighted by atomic mass is 16.2. The lowest BCUT2D eigenvalue weighted by Gasteiger charge is -2.38. The number of urea groups is 1. The van der Waals surface area contributed by atoms with E-state index in [1.807, 2.05) is 55.4 Å². The molecule has 1 heterocycles. The van der Waals surface area contributed by atoms with Crippen molar-refractivity contribution in [3.8, 4) is 0 Å². The zero-order chi connectivity index (χ0) is 38.9. The molecule has 0 bridgehead atoms. The van der Waals surface area contributed by atoms with Crippen LogP contribution in [-0.4, -0.2) is 102 Å². The van der Waals surface area contributed by atoms with E-state index in [1.54, 1.807) is 44.4 Å². The molecule has 286 valence electrons. The minimum atomic E-state index is -1.16. The van der Waals surface area contributed by atoms with Gasteiger partial charge >= 0.3 is 6.03 Å². The molecule has 3 fully saturated rings. The number of hydrogen-bond donors (Lipinski definition) is 5. The first-order chi connectivity index (χ1) is 24.0. The fraction of sp³-hybridized carbons (Fsp3) is 0.658. The molecular weight excluding hydrogens is 666 g/mol. The number of fused-ring (bicyclic) bond motifs is 1. The van der Waals surface area contributed by atoms with Crippen LogP contribution in [0.25, 0.3) is 0 Å². The van der Waals surface area contributed by atoms with Gasteiger partial charge in [-0.1, -0.05) is 77.8 Å². The molecule has 0 aromatic heterocycles. The summed E-state index contributed by atoms with van der Waals surface area (Å²) >= 11 is 0. The predicted octanol–water partition coefficient (Wildman–Crippen LogP) is 1.90. The fourth-order valence-electron chi connectivity index (χ4n) is 7.12. The molecule has 1 aliphatic heterocycles. The third-order valence-corrected chi connectivity index (χ3v) is 10.3. The number of amides is 7. The van der Waals surface area contributed by atoms with Gasteiger partial charge in [0.1, 0.15) is 18.1 Å². The van der Waals surface area contributed by atoms with Crippen LogP contribution in [0.2, 0.25) is 0 Å². The molecular formula is C38H57N7O7. The molecule has 14 heteroatoms. The first-order valence-corrected chi connectivity index (χ1v) is 18.1. The number of Topliss-reactive ketones (excluding diaryl/α,β-unsaturated/α-hetero) is 1. The van der Waals surface area contributed by atoms with Crippen molar-refractivity contribution >= 4 is 41.4 Å². The van der Waals surface area contributed by atoms with Gasteiger partial charge in [-0.15, -0.1) is 0 Å². The summed E-state index contributed by atoms with van der Waals surface area (Å²) in [7, 11) is 3.13. The molecule has 3 aliphatic rings. The monoisotopic (exact) mass is 723 g/mol. The van der Waals surface area contributed by atoms with Crippen molar-refractivity contribution in [2.24, 2.45) is 28.6 Å². The van der Waals surface area contributed by atoms with Gasteiger partial charge in [0, 0.05) is 26.2 Å². The van der Waals surface area contributed by atoms with E-state index in [2.05, 4.69) is 26.6 Å². The largest absolute Gasteiger partial charge is 0.347 e. The van der Waals surface area contributed by atoms with E-state index in [9.17, 15) is 33.6 Å². The Bertz CT molecular complexity index is 1560. The predicted molar refractivity (Wildman–Crippen MR) is 194 cm³/mol. The van der Waals surface area contributed by atoms with Gasteiger partial charge in [-0.2, -0.15) is 0 Å². The van der Waals surface area contributed by atoms with E-state index in [4.69, 9.17) is 0 Å². The minimum absolute atomic E-state index is 0.0507. The molecule has 1 aromatic carbocycles. The Morgan fingerprint density at radius 3 is 2.06 bits per heavy atom. The third-order valence-electron chi connectivity index (χ3n) is 10.3. The number of piperidine rings is 1. The molecule has 6 atom stereocenters. The SMILES string of the molecule is CN(C)C(=O)[C@@H](NC(=O)CNC(=O)C(=O)C(CC1CC1)NC(=O)[C@@H]1C2[C@H](CN1C(=O)C(NC(=O)NC(C)(C)C)C(C)(C)C)C2(C)C)c1ccccc1. The number of benzene rings is 1. The van der Waals surface area contributed by atoms with E-state index in [0.717, 1.165) is 12.8 Å². The molecule has 14 nitrogen and oxygen atoms in total. The van der Waals surface area contributed by atoms with E-state index < -0.39 is 77.1 Å². The summed E-state index contributed by atoms with van der Waals surface area (Å²) in [6.07, 6.45) is 1.95. The highest BCUT2D eigenvalue weighted by Gasteiger charge is 2.70. The summed E-state index contributed by atoms with van der Waals surface area (Å²) in [6, 6.07) is 4.16. The Morgan fingerprint density at radius 2 is 1.52 bits per heavy atom. The van der Waals surface area contributed by atoms with Crippen LogP contribution in [0.15, 0.2) is 30.3 Å². The average Bonchev–Trinajstić information content (AvgIpc) is 3.90. The smallest absolute Gasteiger partial charge is 0.315 e. The number of likely N-dealkylation sites (N-methyl/N-ethyl adjacent to an activating group) is 1. The van der Waals surface area contributed by atoms with Gasteiger partial charge in [0.25, 0.3) is 5.91 Å². The Balaban J connectivity index is 1.46. The first-order valence-electron chi connectivity index (χ1n) is 18.1. The van der Waals surface area contributed by atoms with Gasteiger partial charge in [-0.25, -0.2) is 4.79 Å². The van der Waals surface area contributed by atoms with E-state index in [1.165, 1.54) is 9.80 Å². The van der Waals surface area contributed by atoms with E-state index in [-0.39, 0.29) is 35.5 Å². The molecule has 0 radical (unpaired) electrons. The molecule has 52 heavy (non-hydrogen) atoms. The molecule has 7 amide bonds. The van der Waals surface area contributed by atoms with Crippen LogP contribution in [0.4, 0.5) is 4.79 Å². The lowest BCUT2D eigenvalue weighted by molar-refractivity contribution is -0.145. The molecule has 1 aromatic rings. The Morgan fingerprint density at radius 1 is 0.904 bits per heavy atom. The first kappa shape index (κ1) is 40.3. The zero-order valence-corrected chi connectivity index (χ0v) is 32.2. The van der Waals surface area contributed by atoms with Crippen molar-refractivity contribution in [1.29, 1.82) is 0 Å². The average molecular weight is 724 g/mol. The van der Waals surface area contributed by atoms with Gasteiger partial charge < -0.3 is 36.4 Å². The van der Waals surface area contributed by atoms with Gasteiger partial charge in [-0.05, 0) is 61.3 Å². The second kappa shape index (κ2) is 15.2. The van der Waals surface area contributed by atoms with Gasteiger partial charge in [0.05, 0.1) is 12.6 Å². The Labute approximate surface area is 306 Å². The summed E-state index contributed by atoms with van der Waals surface area (Å²) in [5, 5.41) is 13.5. The second-order valence-corrected chi connectivity index (χ2v) is 17.5. The lowest BCUT2D eigenvalue weighted by atomic mass is 9.85. The summed E-state index contributed by atoms with van der Waals surface area (Å²) in [5.74, 6) is -3.87. The van der Waals surface area contributed by atoms with Crippen molar-refractivity contribution in [3.05, 3.63) is 35.9 Å². The molecule has 2 saturated carbocycles. The number of carbonyl (C=O) groups is 7. The molecule has 2 aliphatic carbocycles. The maximum absolute atomic E-state index is 14.2. The normalized spacial score (nSPS) is 22.1. The molecule has 0 spiro atoms. The fourth-order valence-corrected chi connectivity index (χ4v) is 7.12. The van der Waals surface area contributed by atoms with Crippen LogP contribution in [0.3, 0.4) is 0 Å². The van der Waals surface area contributed by atoms with E-state index in [0.29, 0.717) is 12.1 Å². The minimum Gasteiger partial charge on any atom is -0.347 e. The molecule has 4 rings (SSSR count). The summed E-state index contributed by atoms with van der Waals surface area (Å²) in [4.78, 5) is 96.6. The van der Waals surface area contributed by atoms with Crippen molar-refractivity contribution in [2.75, 3.05) is 27.2 Å². The Kier molecular flexibility index (Phi) is 11.8. The standard InChI is InChI=1S/C38H57N7O7/c1-36(2,3)30(42-35(52)43-37(4,5)6)34(51)45-20-23-26(38(23,7)8)28(45)31(48)40-24(18-21-16-17-21)29(47)32(49)39-19-25(46)41-27(33(50)44(9)10)22-14-12-11-13-15-22/h11-15,21,23-24,26-28,30H,16-20H2,1-10H3,(H,39,49)(H,40,48)(H,41,46)(H2,42,43,52)/t23-,24?,26?,27-,28-,30?/m0/s1. The van der Waals surface area contributed by atoms with Crippen LogP contribution in [0, 0.1) is 28.6 Å². The van der Waals surface area contributed by atoms with Crippen LogP contribution < -0.4 is 26.6 Å². The van der Waals surface area contributed by atoms with Crippen LogP contribution in [-0.2, 0) is 28.8 Å². The zero-order valence-electron chi connectivity index (χ0n) is 32.2. The van der Waals surface area contributed by atoms with Crippen molar-refractivity contribution in [3.63, 3.8) is 0 Å². The number of rotatable bonds is 13. The van der Waals surface area contributed by atoms with Crippen LogP contribution in [0.1, 0.15) is 86.3 Å². The van der Waals surface area contributed by atoms with Crippen molar-refractivity contribution in [2.45, 2.75) is 104 Å². The van der Waals surface area contributed by atoms with Crippen LogP contribution in [0.5, 0.6) is 0 Å².